The van der Waals surface area contributed by atoms with Crippen LogP contribution in [0.15, 0.2) is 4.99 Å². The molecule has 1 aliphatic carbocycles. The van der Waals surface area contributed by atoms with E-state index in [0.29, 0.717) is 17.9 Å². The highest BCUT2D eigenvalue weighted by Crippen LogP contribution is 2.17. The van der Waals surface area contributed by atoms with Crippen LogP contribution >= 0.6 is 24.0 Å². The molecule has 2 rings (SSSR count). The molecule has 118 valence electrons. The van der Waals surface area contributed by atoms with Gasteiger partial charge in [0, 0.05) is 19.1 Å². The van der Waals surface area contributed by atoms with Gasteiger partial charge in [0.2, 0.25) is 0 Å². The Morgan fingerprint density at radius 3 is 2.50 bits per heavy atom. The van der Waals surface area contributed by atoms with Crippen LogP contribution in [0, 0.1) is 5.92 Å². The molecule has 1 atom stereocenters. The summed E-state index contributed by atoms with van der Waals surface area (Å²) in [5.74, 6) is 1.35. The largest absolute Gasteiger partial charge is 0.370 e. The molecule has 1 saturated heterocycles. The second-order valence-corrected chi connectivity index (χ2v) is 6.33. The molecule has 2 aliphatic rings. The van der Waals surface area contributed by atoms with Crippen LogP contribution in [0.4, 0.5) is 0 Å². The van der Waals surface area contributed by atoms with Crippen molar-refractivity contribution in [1.29, 1.82) is 0 Å². The number of nitrogens with two attached hydrogens (primary N) is 1. The molecule has 0 aromatic carbocycles. The Labute approximate surface area is 141 Å². The number of piperidine rings is 1. The SMILES string of the molecule is CN1CCCC(CN=C(N)NC2CCCCCC2)C1.I. The lowest BCUT2D eigenvalue weighted by Gasteiger charge is -2.28. The molecule has 20 heavy (non-hydrogen) atoms. The van der Waals surface area contributed by atoms with Crippen LogP contribution in [0.3, 0.4) is 0 Å². The third kappa shape index (κ3) is 6.61. The number of hydrogen-bond acceptors (Lipinski definition) is 2. The van der Waals surface area contributed by atoms with Gasteiger partial charge in [0.15, 0.2) is 5.96 Å². The van der Waals surface area contributed by atoms with Crippen LogP contribution in [0.5, 0.6) is 0 Å². The molecule has 1 heterocycles. The van der Waals surface area contributed by atoms with Crippen LogP contribution in [0.2, 0.25) is 0 Å². The molecular formula is C15H31IN4. The number of halogens is 1. The van der Waals surface area contributed by atoms with Crippen LogP contribution in [0.1, 0.15) is 51.4 Å². The van der Waals surface area contributed by atoms with Crippen molar-refractivity contribution in [2.24, 2.45) is 16.6 Å². The Balaban J connectivity index is 0.00000200. The van der Waals surface area contributed by atoms with Crippen molar-refractivity contribution >= 4 is 29.9 Å². The topological polar surface area (TPSA) is 53.6 Å². The maximum absolute atomic E-state index is 6.03. The van der Waals surface area contributed by atoms with Gasteiger partial charge in [-0.1, -0.05) is 25.7 Å². The minimum atomic E-state index is 0. The number of nitrogens with zero attached hydrogens (tertiary/aromatic N) is 2. The first-order valence-corrected chi connectivity index (χ1v) is 7.99. The third-order valence-electron chi connectivity index (χ3n) is 4.45. The monoisotopic (exact) mass is 394 g/mol. The van der Waals surface area contributed by atoms with Crippen molar-refractivity contribution in [2.75, 3.05) is 26.7 Å². The van der Waals surface area contributed by atoms with E-state index < -0.39 is 0 Å². The van der Waals surface area contributed by atoms with E-state index in [1.807, 2.05) is 0 Å². The molecule has 1 aliphatic heterocycles. The molecule has 0 aromatic heterocycles. The van der Waals surface area contributed by atoms with Crippen molar-refractivity contribution in [2.45, 2.75) is 57.4 Å². The maximum atomic E-state index is 6.03. The highest BCUT2D eigenvalue weighted by molar-refractivity contribution is 14.0. The molecule has 0 aromatic rings. The van der Waals surface area contributed by atoms with E-state index in [4.69, 9.17) is 5.73 Å². The summed E-state index contributed by atoms with van der Waals surface area (Å²) in [5, 5.41) is 3.42. The molecule has 0 amide bonds. The highest BCUT2D eigenvalue weighted by atomic mass is 127. The summed E-state index contributed by atoms with van der Waals surface area (Å²) in [6, 6.07) is 0.556. The number of nitrogens with one attached hydrogen (secondary N) is 1. The first-order chi connectivity index (χ1) is 9.24. The molecule has 5 heteroatoms. The summed E-state index contributed by atoms with van der Waals surface area (Å²) < 4.78 is 0. The van der Waals surface area contributed by atoms with Gasteiger partial charge in [-0.05, 0) is 45.2 Å². The minimum Gasteiger partial charge on any atom is -0.370 e. The summed E-state index contributed by atoms with van der Waals surface area (Å²) in [6.45, 7) is 3.28. The van der Waals surface area contributed by atoms with Gasteiger partial charge >= 0.3 is 0 Å². The molecule has 4 nitrogen and oxygen atoms in total. The molecule has 1 unspecified atom stereocenters. The Morgan fingerprint density at radius 1 is 1.15 bits per heavy atom. The van der Waals surface area contributed by atoms with Crippen molar-refractivity contribution in [1.82, 2.24) is 10.2 Å². The van der Waals surface area contributed by atoms with Gasteiger partial charge in [-0.15, -0.1) is 24.0 Å². The fourth-order valence-corrected chi connectivity index (χ4v) is 3.33. The van der Waals surface area contributed by atoms with Crippen LogP contribution in [-0.2, 0) is 0 Å². The highest BCUT2D eigenvalue weighted by Gasteiger charge is 2.17. The van der Waals surface area contributed by atoms with E-state index >= 15 is 0 Å². The van der Waals surface area contributed by atoms with Crippen LogP contribution in [0.25, 0.3) is 0 Å². The second kappa shape index (κ2) is 9.82. The molecule has 1 saturated carbocycles. The van der Waals surface area contributed by atoms with Crippen molar-refractivity contribution in [3.8, 4) is 0 Å². The normalized spacial score (nSPS) is 26.6. The van der Waals surface area contributed by atoms with Crippen molar-refractivity contribution < 1.29 is 0 Å². The van der Waals surface area contributed by atoms with Gasteiger partial charge in [0.25, 0.3) is 0 Å². The van der Waals surface area contributed by atoms with Gasteiger partial charge < -0.3 is 16.0 Å². The Morgan fingerprint density at radius 2 is 1.85 bits per heavy atom. The quantitative estimate of drug-likeness (QED) is 0.335. The van der Waals surface area contributed by atoms with E-state index in [9.17, 15) is 0 Å². The Bertz CT molecular complexity index is 288. The average Bonchev–Trinajstić information content (AvgIpc) is 2.65. The molecule has 0 bridgehead atoms. The fraction of sp³-hybridized carbons (Fsp3) is 0.933. The smallest absolute Gasteiger partial charge is 0.188 e. The van der Waals surface area contributed by atoms with E-state index in [0.717, 1.165) is 6.54 Å². The maximum Gasteiger partial charge on any atom is 0.188 e. The lowest BCUT2D eigenvalue weighted by atomic mass is 9.99. The van der Waals surface area contributed by atoms with E-state index in [2.05, 4.69) is 22.3 Å². The molecule has 0 spiro atoms. The van der Waals surface area contributed by atoms with E-state index in [-0.39, 0.29) is 24.0 Å². The summed E-state index contributed by atoms with van der Waals surface area (Å²) in [7, 11) is 2.20. The second-order valence-electron chi connectivity index (χ2n) is 6.33. The zero-order valence-electron chi connectivity index (χ0n) is 12.8. The Kier molecular flexibility index (Phi) is 8.84. The summed E-state index contributed by atoms with van der Waals surface area (Å²) >= 11 is 0. The number of guanidine groups is 1. The number of hydrogen-bond donors (Lipinski definition) is 2. The van der Waals surface area contributed by atoms with Gasteiger partial charge in [0.1, 0.15) is 0 Å². The van der Waals surface area contributed by atoms with Gasteiger partial charge in [-0.2, -0.15) is 0 Å². The average molecular weight is 394 g/mol. The summed E-state index contributed by atoms with van der Waals surface area (Å²) in [6.07, 6.45) is 10.5. The lowest BCUT2D eigenvalue weighted by molar-refractivity contribution is 0.214. The van der Waals surface area contributed by atoms with Crippen molar-refractivity contribution in [3.63, 3.8) is 0 Å². The first kappa shape index (κ1) is 18.0. The zero-order chi connectivity index (χ0) is 13.5. The molecule has 2 fully saturated rings. The molecule has 0 radical (unpaired) electrons. The minimum absolute atomic E-state index is 0. The Hall–Kier alpha value is -0.0400. The zero-order valence-corrected chi connectivity index (χ0v) is 15.1. The predicted molar refractivity (Wildman–Crippen MR) is 96.8 cm³/mol. The predicted octanol–water partition coefficient (Wildman–Crippen LogP) is 2.57. The van der Waals surface area contributed by atoms with Gasteiger partial charge in [0.05, 0.1) is 0 Å². The van der Waals surface area contributed by atoms with Crippen molar-refractivity contribution in [3.05, 3.63) is 0 Å². The van der Waals surface area contributed by atoms with E-state index in [1.54, 1.807) is 0 Å². The fourth-order valence-electron chi connectivity index (χ4n) is 3.33. The number of rotatable bonds is 3. The van der Waals surface area contributed by atoms with Crippen LogP contribution in [-0.4, -0.2) is 43.6 Å². The first-order valence-electron chi connectivity index (χ1n) is 7.99. The summed E-state index contributed by atoms with van der Waals surface area (Å²) in [4.78, 5) is 6.97. The molecule has 3 N–H and O–H groups in total. The van der Waals surface area contributed by atoms with E-state index in [1.165, 1.54) is 64.5 Å². The van der Waals surface area contributed by atoms with Gasteiger partial charge in [-0.25, -0.2) is 0 Å². The van der Waals surface area contributed by atoms with Gasteiger partial charge in [-0.3, -0.25) is 4.99 Å². The standard InChI is InChI=1S/C15H30N4.HI/c1-19-10-6-7-13(12-19)11-17-15(16)18-14-8-4-2-3-5-9-14;/h13-14H,2-12H2,1H3,(H3,16,17,18);1H. The molecular weight excluding hydrogens is 363 g/mol. The van der Waals surface area contributed by atoms with Crippen LogP contribution < -0.4 is 11.1 Å². The lowest BCUT2D eigenvalue weighted by Crippen LogP contribution is -2.40. The number of likely N-dealkylation sites (tertiary alicyclic amines) is 1. The summed E-state index contributed by atoms with van der Waals surface area (Å²) in [5.41, 5.74) is 6.03. The number of aliphatic imine (C=N–C) groups is 1. The third-order valence-corrected chi connectivity index (χ3v) is 4.45.